The Kier molecular flexibility index (Phi) is 1.54. The number of rotatable bonds is 2. The van der Waals surface area contributed by atoms with E-state index in [2.05, 4.69) is 26.9 Å². The van der Waals surface area contributed by atoms with Gasteiger partial charge in [-0.1, -0.05) is 6.92 Å². The molecule has 0 unspecified atom stereocenters. The van der Waals surface area contributed by atoms with E-state index in [0.29, 0.717) is 0 Å². The Morgan fingerprint density at radius 1 is 1.64 bits per heavy atom. The quantitative estimate of drug-likeness (QED) is 0.658. The van der Waals surface area contributed by atoms with Crippen LogP contribution in [0.1, 0.15) is 6.92 Å². The molecular weight excluding hydrogens is 140 g/mol. The summed E-state index contributed by atoms with van der Waals surface area (Å²) in [6.07, 6.45) is 3.84. The van der Waals surface area contributed by atoms with E-state index in [0.717, 1.165) is 25.6 Å². The maximum Gasteiger partial charge on any atom is 0.220 e. The molecule has 0 fully saturated rings. The van der Waals surface area contributed by atoms with E-state index < -0.39 is 0 Å². The summed E-state index contributed by atoms with van der Waals surface area (Å²) in [6.45, 7) is 5.11. The van der Waals surface area contributed by atoms with Gasteiger partial charge in [0, 0.05) is 25.5 Å². The number of hydrogen-bond donors (Lipinski definition) is 1. The number of fused-ring (bicyclic) bond motifs is 1. The molecule has 4 nitrogen and oxygen atoms in total. The minimum Gasteiger partial charge on any atom is -0.314 e. The topological polar surface area (TPSA) is 33.1 Å². The molecule has 0 saturated heterocycles. The maximum atomic E-state index is 4.22. The van der Waals surface area contributed by atoms with Crippen molar-refractivity contribution in [2.24, 2.45) is 0 Å². The van der Waals surface area contributed by atoms with Gasteiger partial charge in [-0.2, -0.15) is 0 Å². The molecule has 0 aliphatic carbocycles. The highest BCUT2D eigenvalue weighted by Gasteiger charge is 2.17. The highest BCUT2D eigenvalue weighted by Crippen LogP contribution is 2.15. The fourth-order valence-electron chi connectivity index (χ4n) is 1.37. The summed E-state index contributed by atoms with van der Waals surface area (Å²) in [5, 5.41) is 2.08. The molecule has 2 heterocycles. The number of imidazole rings is 1. The molecular formula is C7H12N4. The van der Waals surface area contributed by atoms with Gasteiger partial charge in [-0.3, -0.25) is 5.01 Å². The van der Waals surface area contributed by atoms with E-state index >= 15 is 0 Å². The molecule has 1 aromatic heterocycles. The van der Waals surface area contributed by atoms with Gasteiger partial charge in [0.1, 0.15) is 0 Å². The van der Waals surface area contributed by atoms with Gasteiger partial charge in [0.2, 0.25) is 5.95 Å². The van der Waals surface area contributed by atoms with Crippen LogP contribution < -0.4 is 10.4 Å². The monoisotopic (exact) mass is 152 g/mol. The standard InChI is InChI=1S/C7H12N4/c1-2-9-11-6-5-10-4-3-8-7(10)11/h3-4,9H,2,5-6H2,1H3. The van der Waals surface area contributed by atoms with Crippen molar-refractivity contribution in [3.8, 4) is 0 Å². The first-order valence-corrected chi connectivity index (χ1v) is 3.94. The molecule has 0 bridgehead atoms. The number of nitrogens with zero attached hydrogens (tertiary/aromatic N) is 3. The van der Waals surface area contributed by atoms with Crippen molar-refractivity contribution in [1.82, 2.24) is 15.0 Å². The fraction of sp³-hybridized carbons (Fsp3) is 0.571. The Morgan fingerprint density at radius 2 is 2.55 bits per heavy atom. The molecule has 4 heteroatoms. The van der Waals surface area contributed by atoms with E-state index in [4.69, 9.17) is 0 Å². The summed E-state index contributed by atoms with van der Waals surface area (Å²) in [5.41, 5.74) is 3.24. The third-order valence-electron chi connectivity index (χ3n) is 1.85. The van der Waals surface area contributed by atoms with E-state index in [9.17, 15) is 0 Å². The van der Waals surface area contributed by atoms with E-state index in [1.807, 2.05) is 12.4 Å². The zero-order valence-electron chi connectivity index (χ0n) is 6.62. The van der Waals surface area contributed by atoms with Gasteiger partial charge in [-0.25, -0.2) is 10.4 Å². The Hall–Kier alpha value is -1.03. The Bertz CT molecular complexity index is 242. The van der Waals surface area contributed by atoms with Crippen LogP contribution in [0, 0.1) is 0 Å². The normalized spacial score (nSPS) is 15.5. The second-order valence-corrected chi connectivity index (χ2v) is 2.58. The summed E-state index contributed by atoms with van der Waals surface area (Å²) in [5.74, 6) is 1.03. The lowest BCUT2D eigenvalue weighted by molar-refractivity contribution is 0.658. The summed E-state index contributed by atoms with van der Waals surface area (Å²) >= 11 is 0. The van der Waals surface area contributed by atoms with Crippen LogP contribution >= 0.6 is 0 Å². The van der Waals surface area contributed by atoms with Crippen LogP contribution in [0.25, 0.3) is 0 Å². The van der Waals surface area contributed by atoms with Crippen molar-refractivity contribution in [3.63, 3.8) is 0 Å². The number of anilines is 1. The Morgan fingerprint density at radius 3 is 3.36 bits per heavy atom. The number of hydrogen-bond acceptors (Lipinski definition) is 3. The molecule has 1 aromatic rings. The molecule has 0 amide bonds. The van der Waals surface area contributed by atoms with Crippen LogP contribution in [0.3, 0.4) is 0 Å². The van der Waals surface area contributed by atoms with E-state index in [-0.39, 0.29) is 0 Å². The average Bonchev–Trinajstić information content (AvgIpc) is 2.53. The highest BCUT2D eigenvalue weighted by molar-refractivity contribution is 5.32. The zero-order chi connectivity index (χ0) is 7.68. The number of aromatic nitrogens is 2. The van der Waals surface area contributed by atoms with Crippen molar-refractivity contribution in [2.45, 2.75) is 13.5 Å². The summed E-state index contributed by atoms with van der Waals surface area (Å²) < 4.78 is 2.14. The van der Waals surface area contributed by atoms with Gasteiger partial charge >= 0.3 is 0 Å². The molecule has 2 rings (SSSR count). The van der Waals surface area contributed by atoms with Gasteiger partial charge in [0.05, 0.1) is 6.54 Å². The minimum absolute atomic E-state index is 0.951. The lowest BCUT2D eigenvalue weighted by Gasteiger charge is -2.15. The van der Waals surface area contributed by atoms with Gasteiger partial charge < -0.3 is 4.57 Å². The van der Waals surface area contributed by atoms with E-state index in [1.54, 1.807) is 0 Å². The van der Waals surface area contributed by atoms with Crippen molar-refractivity contribution in [3.05, 3.63) is 12.4 Å². The molecule has 11 heavy (non-hydrogen) atoms. The van der Waals surface area contributed by atoms with Gasteiger partial charge in [-0.15, -0.1) is 0 Å². The molecule has 0 spiro atoms. The molecule has 0 aromatic carbocycles. The third-order valence-corrected chi connectivity index (χ3v) is 1.85. The second-order valence-electron chi connectivity index (χ2n) is 2.58. The molecule has 1 N–H and O–H groups in total. The van der Waals surface area contributed by atoms with Crippen LogP contribution in [-0.2, 0) is 6.54 Å². The van der Waals surface area contributed by atoms with Gasteiger partial charge in [0.15, 0.2) is 0 Å². The molecule has 60 valence electrons. The Labute approximate surface area is 65.8 Å². The maximum absolute atomic E-state index is 4.22. The predicted octanol–water partition coefficient (Wildman–Crippen LogP) is 0.228. The molecule has 1 aliphatic rings. The number of hydrazine groups is 1. The zero-order valence-corrected chi connectivity index (χ0v) is 6.62. The largest absolute Gasteiger partial charge is 0.314 e. The predicted molar refractivity (Wildman–Crippen MR) is 43.2 cm³/mol. The van der Waals surface area contributed by atoms with Crippen molar-refractivity contribution in [2.75, 3.05) is 18.1 Å². The van der Waals surface area contributed by atoms with Crippen LogP contribution in [0.5, 0.6) is 0 Å². The first kappa shape index (κ1) is 6.67. The van der Waals surface area contributed by atoms with Gasteiger partial charge in [-0.05, 0) is 0 Å². The Balaban J connectivity index is 2.18. The summed E-state index contributed by atoms with van der Waals surface area (Å²) in [7, 11) is 0. The molecule has 0 radical (unpaired) electrons. The SMILES string of the molecule is CCNN1CCn2ccnc21. The van der Waals surface area contributed by atoms with Crippen LogP contribution in [0.2, 0.25) is 0 Å². The molecule has 0 saturated carbocycles. The first-order valence-electron chi connectivity index (χ1n) is 3.94. The van der Waals surface area contributed by atoms with Crippen molar-refractivity contribution < 1.29 is 0 Å². The van der Waals surface area contributed by atoms with Crippen molar-refractivity contribution >= 4 is 5.95 Å². The third kappa shape index (κ3) is 0.991. The van der Waals surface area contributed by atoms with Crippen LogP contribution in [0.15, 0.2) is 12.4 Å². The first-order chi connectivity index (χ1) is 5.42. The minimum atomic E-state index is 0.951. The summed E-state index contributed by atoms with van der Waals surface area (Å²) in [4.78, 5) is 4.22. The number of nitrogens with one attached hydrogen (secondary N) is 1. The van der Waals surface area contributed by atoms with E-state index in [1.165, 1.54) is 0 Å². The fourth-order valence-corrected chi connectivity index (χ4v) is 1.37. The second kappa shape index (κ2) is 2.54. The molecule has 1 aliphatic heterocycles. The highest BCUT2D eigenvalue weighted by atomic mass is 15.6. The van der Waals surface area contributed by atoms with Crippen molar-refractivity contribution in [1.29, 1.82) is 0 Å². The van der Waals surface area contributed by atoms with Crippen LogP contribution in [-0.4, -0.2) is 22.6 Å². The molecule has 0 atom stereocenters. The lowest BCUT2D eigenvalue weighted by Crippen LogP contribution is -2.36. The smallest absolute Gasteiger partial charge is 0.220 e. The lowest BCUT2D eigenvalue weighted by atomic mass is 10.6. The van der Waals surface area contributed by atoms with Crippen LogP contribution in [0.4, 0.5) is 5.95 Å². The summed E-state index contributed by atoms with van der Waals surface area (Å²) in [6, 6.07) is 0. The van der Waals surface area contributed by atoms with Gasteiger partial charge in [0.25, 0.3) is 0 Å². The average molecular weight is 152 g/mol.